The Morgan fingerprint density at radius 2 is 1.85 bits per heavy atom. The molecule has 7 nitrogen and oxygen atoms in total. The lowest BCUT2D eigenvalue weighted by Crippen LogP contribution is -2.37. The SMILES string of the molecule is Cc1cc(OS(=O)(=O)C(F)(F)F)cc2c1CN(C(=O)OC(C)(C)C)CCO2. The molecule has 0 aromatic heterocycles. The van der Waals surface area contributed by atoms with E-state index >= 15 is 0 Å². The van der Waals surface area contributed by atoms with Crippen molar-refractivity contribution in [2.45, 2.75) is 45.3 Å². The van der Waals surface area contributed by atoms with Gasteiger partial charge < -0.3 is 18.6 Å². The Morgan fingerprint density at radius 1 is 1.22 bits per heavy atom. The lowest BCUT2D eigenvalue weighted by Gasteiger charge is -2.26. The molecule has 152 valence electrons. The molecule has 0 atom stereocenters. The molecule has 0 saturated carbocycles. The second kappa shape index (κ2) is 7.10. The van der Waals surface area contributed by atoms with Crippen LogP contribution in [0.3, 0.4) is 0 Å². The monoisotopic (exact) mass is 411 g/mol. The van der Waals surface area contributed by atoms with Crippen molar-refractivity contribution in [1.82, 2.24) is 4.90 Å². The topological polar surface area (TPSA) is 82.1 Å². The quantitative estimate of drug-likeness (QED) is 0.548. The number of carbonyl (C=O) groups excluding carboxylic acids is 1. The fourth-order valence-electron chi connectivity index (χ4n) is 2.32. The standard InChI is InChI=1S/C16H20F3NO6S/c1-10-7-11(26-27(22,23)16(17,18)19)8-13-12(10)9-20(5-6-24-13)14(21)25-15(2,3)4/h7-8H,5-6,9H2,1-4H3. The maximum atomic E-state index is 12.5. The number of amides is 1. The molecule has 27 heavy (non-hydrogen) atoms. The minimum atomic E-state index is -5.79. The molecule has 1 aromatic rings. The van der Waals surface area contributed by atoms with E-state index < -0.39 is 33.1 Å². The number of benzene rings is 1. The first-order valence-electron chi connectivity index (χ1n) is 7.94. The fraction of sp³-hybridized carbons (Fsp3) is 0.562. The zero-order valence-corrected chi connectivity index (χ0v) is 16.0. The lowest BCUT2D eigenvalue weighted by atomic mass is 10.1. The van der Waals surface area contributed by atoms with Crippen LogP contribution in [-0.2, 0) is 21.4 Å². The maximum Gasteiger partial charge on any atom is 0.534 e. The largest absolute Gasteiger partial charge is 0.534 e. The Hall–Kier alpha value is -2.17. The first-order valence-corrected chi connectivity index (χ1v) is 9.35. The Labute approximate surface area is 155 Å². The highest BCUT2D eigenvalue weighted by atomic mass is 32.2. The van der Waals surface area contributed by atoms with Gasteiger partial charge in [0.05, 0.1) is 13.1 Å². The van der Waals surface area contributed by atoms with Gasteiger partial charge in [0.15, 0.2) is 0 Å². The number of hydrogen-bond acceptors (Lipinski definition) is 6. The molecule has 0 saturated heterocycles. The van der Waals surface area contributed by atoms with E-state index in [0.29, 0.717) is 11.1 Å². The number of hydrogen-bond donors (Lipinski definition) is 0. The molecule has 0 radical (unpaired) electrons. The van der Waals surface area contributed by atoms with Crippen molar-refractivity contribution >= 4 is 16.2 Å². The van der Waals surface area contributed by atoms with Gasteiger partial charge in [-0.15, -0.1) is 0 Å². The van der Waals surface area contributed by atoms with Crippen LogP contribution in [0.2, 0.25) is 0 Å². The van der Waals surface area contributed by atoms with Gasteiger partial charge in [-0.3, -0.25) is 0 Å². The summed E-state index contributed by atoms with van der Waals surface area (Å²) in [6.45, 7) is 7.08. The highest BCUT2D eigenvalue weighted by Gasteiger charge is 2.48. The van der Waals surface area contributed by atoms with Crippen molar-refractivity contribution in [3.05, 3.63) is 23.3 Å². The minimum Gasteiger partial charge on any atom is -0.491 e. The van der Waals surface area contributed by atoms with E-state index in [4.69, 9.17) is 9.47 Å². The van der Waals surface area contributed by atoms with E-state index in [1.54, 1.807) is 27.7 Å². The minimum absolute atomic E-state index is 0.0567. The van der Waals surface area contributed by atoms with Crippen molar-refractivity contribution in [2.24, 2.45) is 0 Å². The van der Waals surface area contributed by atoms with Crippen LogP contribution in [0.1, 0.15) is 31.9 Å². The van der Waals surface area contributed by atoms with Crippen LogP contribution in [0.5, 0.6) is 11.5 Å². The van der Waals surface area contributed by atoms with Crippen molar-refractivity contribution in [3.8, 4) is 11.5 Å². The molecule has 0 fully saturated rings. The number of fused-ring (bicyclic) bond motifs is 1. The molecular weight excluding hydrogens is 391 g/mol. The molecule has 1 aromatic carbocycles. The van der Waals surface area contributed by atoms with Crippen LogP contribution >= 0.6 is 0 Å². The van der Waals surface area contributed by atoms with E-state index in [2.05, 4.69) is 4.18 Å². The third-order valence-corrected chi connectivity index (χ3v) is 4.49. The first-order chi connectivity index (χ1) is 12.2. The van der Waals surface area contributed by atoms with E-state index in [0.717, 1.165) is 12.1 Å². The van der Waals surface area contributed by atoms with Gasteiger partial charge in [0.2, 0.25) is 0 Å². The number of nitrogens with zero attached hydrogens (tertiary/aromatic N) is 1. The first kappa shape index (κ1) is 21.1. The average molecular weight is 411 g/mol. The number of aryl methyl sites for hydroxylation is 1. The van der Waals surface area contributed by atoms with Crippen molar-refractivity contribution in [2.75, 3.05) is 13.2 Å². The van der Waals surface area contributed by atoms with Gasteiger partial charge in [0.25, 0.3) is 0 Å². The van der Waals surface area contributed by atoms with Gasteiger partial charge in [-0.05, 0) is 39.3 Å². The van der Waals surface area contributed by atoms with Crippen molar-refractivity contribution < 1.29 is 40.0 Å². The third kappa shape index (κ3) is 5.18. The molecule has 1 aliphatic rings. The zero-order valence-electron chi connectivity index (χ0n) is 15.2. The lowest BCUT2D eigenvalue weighted by molar-refractivity contribution is -0.0500. The second-order valence-electron chi connectivity index (χ2n) is 6.95. The Balaban J connectivity index is 2.28. The smallest absolute Gasteiger partial charge is 0.491 e. The predicted molar refractivity (Wildman–Crippen MR) is 88.9 cm³/mol. The molecule has 2 rings (SSSR count). The molecule has 0 unspecified atom stereocenters. The predicted octanol–water partition coefficient (Wildman–Crippen LogP) is 3.35. The second-order valence-corrected chi connectivity index (χ2v) is 8.49. The van der Waals surface area contributed by atoms with Gasteiger partial charge in [-0.1, -0.05) is 0 Å². The molecule has 0 aliphatic carbocycles. The molecule has 1 aliphatic heterocycles. The summed E-state index contributed by atoms with van der Waals surface area (Å²) >= 11 is 0. The summed E-state index contributed by atoms with van der Waals surface area (Å²) in [5.74, 6) is -0.372. The van der Waals surface area contributed by atoms with E-state index in [1.165, 1.54) is 4.90 Å². The summed E-state index contributed by atoms with van der Waals surface area (Å²) in [5, 5.41) is 0. The molecule has 0 spiro atoms. The maximum absolute atomic E-state index is 12.5. The fourth-order valence-corrected chi connectivity index (χ4v) is 2.77. The average Bonchev–Trinajstić information content (AvgIpc) is 2.66. The molecule has 11 heteroatoms. The van der Waals surface area contributed by atoms with Crippen LogP contribution in [0.4, 0.5) is 18.0 Å². The molecule has 1 heterocycles. The van der Waals surface area contributed by atoms with Gasteiger partial charge in [-0.2, -0.15) is 21.6 Å². The molecular formula is C16H20F3NO6S. The van der Waals surface area contributed by atoms with Gasteiger partial charge in [-0.25, -0.2) is 4.79 Å². The number of rotatable bonds is 2. The molecule has 0 N–H and O–H groups in total. The van der Waals surface area contributed by atoms with Crippen LogP contribution in [0, 0.1) is 6.92 Å². The Bertz CT molecular complexity index is 830. The van der Waals surface area contributed by atoms with Crippen LogP contribution in [0.15, 0.2) is 12.1 Å². The van der Waals surface area contributed by atoms with Gasteiger partial charge in [0.1, 0.15) is 23.7 Å². The third-order valence-electron chi connectivity index (χ3n) is 3.51. The van der Waals surface area contributed by atoms with Crippen molar-refractivity contribution in [3.63, 3.8) is 0 Å². The normalized spacial score (nSPS) is 15.4. The van der Waals surface area contributed by atoms with E-state index in [9.17, 15) is 26.4 Å². The van der Waals surface area contributed by atoms with E-state index in [-0.39, 0.29) is 25.4 Å². The van der Waals surface area contributed by atoms with Gasteiger partial charge >= 0.3 is 21.7 Å². The number of carbonyl (C=O) groups is 1. The summed E-state index contributed by atoms with van der Waals surface area (Å²) in [5.41, 5.74) is -5.29. The number of alkyl halides is 3. The summed E-state index contributed by atoms with van der Waals surface area (Å²) in [6.07, 6.45) is -0.557. The highest BCUT2D eigenvalue weighted by molar-refractivity contribution is 7.88. The summed E-state index contributed by atoms with van der Waals surface area (Å²) in [6, 6.07) is 2.20. The highest BCUT2D eigenvalue weighted by Crippen LogP contribution is 2.34. The molecule has 1 amide bonds. The van der Waals surface area contributed by atoms with Crippen LogP contribution in [0.25, 0.3) is 0 Å². The summed E-state index contributed by atoms with van der Waals surface area (Å²) < 4.78 is 74.8. The Morgan fingerprint density at radius 3 is 2.41 bits per heavy atom. The van der Waals surface area contributed by atoms with Crippen molar-refractivity contribution in [1.29, 1.82) is 0 Å². The number of ether oxygens (including phenoxy) is 2. The molecule has 0 bridgehead atoms. The summed E-state index contributed by atoms with van der Waals surface area (Å²) in [7, 11) is -5.79. The summed E-state index contributed by atoms with van der Waals surface area (Å²) in [4.78, 5) is 13.7. The van der Waals surface area contributed by atoms with Gasteiger partial charge in [0, 0.05) is 11.6 Å². The van der Waals surface area contributed by atoms with Crippen LogP contribution in [-0.4, -0.2) is 43.7 Å². The Kier molecular flexibility index (Phi) is 5.56. The zero-order chi connectivity index (χ0) is 20.6. The number of halogens is 3. The van der Waals surface area contributed by atoms with Crippen LogP contribution < -0.4 is 8.92 Å². The van der Waals surface area contributed by atoms with E-state index in [1.807, 2.05) is 0 Å².